The van der Waals surface area contributed by atoms with Gasteiger partial charge >= 0.3 is 5.69 Å². The average molecular weight is 483 g/mol. The van der Waals surface area contributed by atoms with Crippen LogP contribution in [-0.4, -0.2) is 15.0 Å². The Morgan fingerprint density at radius 1 is 0.833 bits per heavy atom. The van der Waals surface area contributed by atoms with Gasteiger partial charge in [0.25, 0.3) is 11.5 Å². The maximum Gasteiger partial charge on any atom is 0.332 e. The van der Waals surface area contributed by atoms with E-state index < -0.39 is 17.1 Å². The maximum absolute atomic E-state index is 14.3. The zero-order chi connectivity index (χ0) is 25.1. The number of hydrogen-bond acceptors (Lipinski definition) is 4. The molecule has 2 aromatic heterocycles. The number of furan rings is 1. The van der Waals surface area contributed by atoms with Crippen molar-refractivity contribution in [1.82, 2.24) is 14.5 Å². The van der Waals surface area contributed by atoms with E-state index in [0.29, 0.717) is 33.4 Å². The summed E-state index contributed by atoms with van der Waals surface area (Å²) in [7, 11) is 0. The van der Waals surface area contributed by atoms with Gasteiger partial charge in [-0.1, -0.05) is 42.5 Å². The molecule has 180 valence electrons. The number of carbonyl (C=O) groups is 1. The number of aromatic nitrogens is 2. The van der Waals surface area contributed by atoms with Gasteiger partial charge in [-0.3, -0.25) is 18.7 Å². The lowest BCUT2D eigenvalue weighted by Gasteiger charge is -2.15. The fourth-order valence-electron chi connectivity index (χ4n) is 4.09. The first-order chi connectivity index (χ1) is 17.5. The van der Waals surface area contributed by atoms with Crippen molar-refractivity contribution in [2.24, 2.45) is 0 Å². The number of fused-ring (bicyclic) bond motifs is 1. The molecular weight excluding hydrogens is 461 g/mol. The number of benzene rings is 3. The lowest BCUT2D eigenvalue weighted by atomic mass is 10.1. The fraction of sp³-hybridized carbons (Fsp3) is 0.107. The molecule has 0 aliphatic heterocycles. The van der Waals surface area contributed by atoms with Crippen LogP contribution in [-0.2, 0) is 19.6 Å². The van der Waals surface area contributed by atoms with E-state index in [2.05, 4.69) is 5.32 Å². The number of nitrogens with one attached hydrogen (secondary N) is 1. The third kappa shape index (κ3) is 4.61. The first-order valence-corrected chi connectivity index (χ1v) is 11.4. The third-order valence-corrected chi connectivity index (χ3v) is 5.98. The van der Waals surface area contributed by atoms with E-state index >= 15 is 0 Å². The Labute approximate surface area is 205 Å². The molecule has 36 heavy (non-hydrogen) atoms. The van der Waals surface area contributed by atoms with Crippen LogP contribution < -0.4 is 16.6 Å². The fourth-order valence-corrected chi connectivity index (χ4v) is 4.09. The van der Waals surface area contributed by atoms with Gasteiger partial charge in [0.2, 0.25) is 0 Å². The lowest BCUT2D eigenvalue weighted by molar-refractivity contribution is 0.0948. The van der Waals surface area contributed by atoms with Crippen LogP contribution in [0.1, 0.15) is 27.2 Å². The number of amides is 1. The van der Waals surface area contributed by atoms with Gasteiger partial charge in [-0.05, 0) is 48.0 Å². The van der Waals surface area contributed by atoms with E-state index in [1.165, 1.54) is 16.9 Å². The van der Waals surface area contributed by atoms with Crippen molar-refractivity contribution in [2.45, 2.75) is 19.6 Å². The van der Waals surface area contributed by atoms with Gasteiger partial charge in [0.1, 0.15) is 11.6 Å². The molecule has 3 aromatic carbocycles. The molecule has 7 nitrogen and oxygen atoms in total. The molecule has 0 saturated carbocycles. The number of carbonyl (C=O) groups excluding carboxylic acids is 1. The summed E-state index contributed by atoms with van der Waals surface area (Å²) in [4.78, 5) is 39.0. The summed E-state index contributed by atoms with van der Waals surface area (Å²) in [5.41, 5.74) is 0.927. The van der Waals surface area contributed by atoms with E-state index in [9.17, 15) is 18.8 Å². The Morgan fingerprint density at radius 3 is 2.33 bits per heavy atom. The van der Waals surface area contributed by atoms with Crippen molar-refractivity contribution >= 4 is 16.8 Å². The molecule has 5 rings (SSSR count). The predicted molar refractivity (Wildman–Crippen MR) is 133 cm³/mol. The zero-order valence-corrected chi connectivity index (χ0v) is 19.2. The van der Waals surface area contributed by atoms with E-state index in [0.717, 1.165) is 4.57 Å². The predicted octanol–water partition coefficient (Wildman–Crippen LogP) is 3.92. The van der Waals surface area contributed by atoms with Crippen LogP contribution in [0.2, 0.25) is 0 Å². The molecule has 0 bridgehead atoms. The van der Waals surface area contributed by atoms with Crippen molar-refractivity contribution in [3.63, 3.8) is 0 Å². The second-order valence-electron chi connectivity index (χ2n) is 8.33. The molecule has 1 amide bonds. The molecule has 0 unspecified atom stereocenters. The standard InChI is InChI=1S/C28H22FN3O4/c29-24-9-3-1-6-21(24)18-31-25-10-4-2-8-23(25)27(34)32(28(31)35)17-19-11-13-20(14-12-19)26(33)30-16-22-7-5-15-36-22/h1-15H,16-18H2,(H,30,33). The minimum atomic E-state index is -0.540. The molecular formula is C28H22FN3O4. The quantitative estimate of drug-likeness (QED) is 0.380. The van der Waals surface area contributed by atoms with Crippen molar-refractivity contribution in [1.29, 1.82) is 0 Å². The van der Waals surface area contributed by atoms with Gasteiger partial charge < -0.3 is 9.73 Å². The van der Waals surface area contributed by atoms with Gasteiger partial charge in [-0.15, -0.1) is 0 Å². The minimum Gasteiger partial charge on any atom is -0.467 e. The summed E-state index contributed by atoms with van der Waals surface area (Å²) in [6.07, 6.45) is 1.54. The lowest BCUT2D eigenvalue weighted by Crippen LogP contribution is -2.40. The first kappa shape index (κ1) is 23.0. The number of halogens is 1. The highest BCUT2D eigenvalue weighted by atomic mass is 19.1. The van der Waals surface area contributed by atoms with Crippen LogP contribution in [0.15, 0.2) is 105 Å². The van der Waals surface area contributed by atoms with Crippen LogP contribution in [0.4, 0.5) is 4.39 Å². The van der Waals surface area contributed by atoms with Crippen LogP contribution in [0.25, 0.3) is 10.9 Å². The molecule has 8 heteroatoms. The van der Waals surface area contributed by atoms with Crippen molar-refractivity contribution in [3.8, 4) is 0 Å². The van der Waals surface area contributed by atoms with Gasteiger partial charge in [0.15, 0.2) is 0 Å². The summed E-state index contributed by atoms with van der Waals surface area (Å²) in [6.45, 7) is 0.261. The Hall–Kier alpha value is -4.72. The van der Waals surface area contributed by atoms with Crippen LogP contribution in [0.5, 0.6) is 0 Å². The molecule has 0 fully saturated rings. The second kappa shape index (κ2) is 9.87. The zero-order valence-electron chi connectivity index (χ0n) is 19.2. The number of nitrogens with zero attached hydrogens (tertiary/aromatic N) is 2. The van der Waals surface area contributed by atoms with Gasteiger partial charge in [0, 0.05) is 11.1 Å². The Kier molecular flexibility index (Phi) is 6.32. The molecule has 5 aromatic rings. The van der Waals surface area contributed by atoms with Gasteiger partial charge in [-0.2, -0.15) is 0 Å². The largest absolute Gasteiger partial charge is 0.467 e. The Morgan fingerprint density at radius 2 is 1.58 bits per heavy atom. The molecule has 0 saturated heterocycles. The van der Waals surface area contributed by atoms with E-state index in [-0.39, 0.29) is 25.5 Å². The Balaban J connectivity index is 1.45. The number of hydrogen-bond donors (Lipinski definition) is 1. The van der Waals surface area contributed by atoms with Gasteiger partial charge in [0.05, 0.1) is 36.8 Å². The SMILES string of the molecule is O=C(NCc1ccco1)c1ccc(Cn2c(=O)c3ccccc3n(Cc3ccccc3F)c2=O)cc1. The van der Waals surface area contributed by atoms with Crippen LogP contribution in [0.3, 0.4) is 0 Å². The molecule has 0 spiro atoms. The smallest absolute Gasteiger partial charge is 0.332 e. The highest BCUT2D eigenvalue weighted by molar-refractivity contribution is 5.94. The summed E-state index contributed by atoms with van der Waals surface area (Å²) in [5.74, 6) is -0.0532. The summed E-state index contributed by atoms with van der Waals surface area (Å²) < 4.78 is 22.1. The van der Waals surface area contributed by atoms with E-state index in [1.807, 2.05) is 0 Å². The summed E-state index contributed by atoms with van der Waals surface area (Å²) >= 11 is 0. The van der Waals surface area contributed by atoms with Crippen LogP contribution >= 0.6 is 0 Å². The third-order valence-electron chi connectivity index (χ3n) is 5.98. The topological polar surface area (TPSA) is 86.2 Å². The monoisotopic (exact) mass is 483 g/mol. The number of rotatable bonds is 7. The molecule has 2 heterocycles. The maximum atomic E-state index is 14.3. The van der Waals surface area contributed by atoms with E-state index in [1.54, 1.807) is 78.9 Å². The minimum absolute atomic E-state index is 0.00800. The summed E-state index contributed by atoms with van der Waals surface area (Å²) in [5, 5.41) is 3.14. The van der Waals surface area contributed by atoms with Crippen LogP contribution in [0, 0.1) is 5.82 Å². The molecule has 0 atom stereocenters. The van der Waals surface area contributed by atoms with Crippen molar-refractivity contribution in [2.75, 3.05) is 0 Å². The van der Waals surface area contributed by atoms with Gasteiger partial charge in [-0.25, -0.2) is 9.18 Å². The first-order valence-electron chi connectivity index (χ1n) is 11.4. The van der Waals surface area contributed by atoms with Crippen molar-refractivity contribution in [3.05, 3.63) is 140 Å². The molecule has 1 N–H and O–H groups in total. The number of para-hydroxylation sites is 1. The molecule has 0 radical (unpaired) electrons. The Bertz CT molecular complexity index is 1650. The normalized spacial score (nSPS) is 11.0. The average Bonchev–Trinajstić information content (AvgIpc) is 3.43. The molecule has 0 aliphatic rings. The van der Waals surface area contributed by atoms with Crippen molar-refractivity contribution < 1.29 is 13.6 Å². The summed E-state index contributed by atoms with van der Waals surface area (Å²) in [6, 6.07) is 23.2. The highest BCUT2D eigenvalue weighted by Gasteiger charge is 2.15. The molecule has 0 aliphatic carbocycles. The van der Waals surface area contributed by atoms with E-state index in [4.69, 9.17) is 4.42 Å². The highest BCUT2D eigenvalue weighted by Crippen LogP contribution is 2.13. The second-order valence-corrected chi connectivity index (χ2v) is 8.33.